The van der Waals surface area contributed by atoms with Crippen molar-refractivity contribution >= 4 is 5.97 Å². The van der Waals surface area contributed by atoms with Gasteiger partial charge in [-0.15, -0.1) is 6.58 Å². The Labute approximate surface area is 73.2 Å². The van der Waals surface area contributed by atoms with Crippen LogP contribution in [0.2, 0.25) is 0 Å². The van der Waals surface area contributed by atoms with Gasteiger partial charge in [0, 0.05) is 0 Å². The molecule has 0 aromatic heterocycles. The van der Waals surface area contributed by atoms with Crippen molar-refractivity contribution in [1.29, 1.82) is 0 Å². The molecule has 12 heavy (non-hydrogen) atoms. The highest BCUT2D eigenvalue weighted by molar-refractivity contribution is 5.74. The van der Waals surface area contributed by atoms with Crippen LogP contribution >= 0.6 is 0 Å². The zero-order valence-electron chi connectivity index (χ0n) is 7.54. The van der Waals surface area contributed by atoms with Crippen molar-refractivity contribution < 1.29 is 9.53 Å². The Bertz CT molecular complexity index is 214. The smallest absolute Gasteiger partial charge is 0.317 e. The lowest BCUT2D eigenvalue weighted by Gasteiger charge is -2.01. The number of rotatable bonds is 4. The minimum absolute atomic E-state index is 0.264. The van der Waals surface area contributed by atoms with E-state index in [1.54, 1.807) is 13.0 Å². The van der Waals surface area contributed by atoms with Crippen LogP contribution in [0.1, 0.15) is 13.8 Å². The third-order valence-corrected chi connectivity index (χ3v) is 1.26. The van der Waals surface area contributed by atoms with E-state index in [1.165, 1.54) is 12.3 Å². The molecule has 0 radical (unpaired) electrons. The highest BCUT2D eigenvalue weighted by Crippen LogP contribution is 2.00. The normalized spacial score (nSPS) is 12.5. The van der Waals surface area contributed by atoms with E-state index in [9.17, 15) is 4.79 Å². The molecule has 0 saturated heterocycles. The molecule has 2 nitrogen and oxygen atoms in total. The van der Waals surface area contributed by atoms with Crippen molar-refractivity contribution in [2.24, 2.45) is 5.92 Å². The average molecular weight is 166 g/mol. The van der Waals surface area contributed by atoms with Crippen LogP contribution in [-0.2, 0) is 9.53 Å². The highest BCUT2D eigenvalue weighted by Gasteiger charge is 2.07. The summed E-state index contributed by atoms with van der Waals surface area (Å²) < 4.78 is 4.75. The zero-order valence-corrected chi connectivity index (χ0v) is 7.54. The molecule has 0 bridgehead atoms. The van der Waals surface area contributed by atoms with E-state index in [0.29, 0.717) is 0 Å². The summed E-state index contributed by atoms with van der Waals surface area (Å²) >= 11 is 0. The number of esters is 1. The van der Waals surface area contributed by atoms with Crippen molar-refractivity contribution in [3.8, 4) is 0 Å². The first-order valence-electron chi connectivity index (χ1n) is 3.73. The first kappa shape index (κ1) is 10.7. The summed E-state index contributed by atoms with van der Waals surface area (Å²) in [6, 6.07) is 0. The van der Waals surface area contributed by atoms with Gasteiger partial charge in [-0.1, -0.05) is 18.2 Å². The largest absolute Gasteiger partial charge is 0.434 e. The molecule has 0 fully saturated rings. The van der Waals surface area contributed by atoms with Gasteiger partial charge < -0.3 is 4.74 Å². The fourth-order valence-corrected chi connectivity index (χ4v) is 0.421. The number of hydrogen-bond donors (Lipinski definition) is 0. The summed E-state index contributed by atoms with van der Waals surface area (Å²) in [4.78, 5) is 11.0. The second-order valence-corrected chi connectivity index (χ2v) is 2.61. The Morgan fingerprint density at radius 1 is 1.58 bits per heavy atom. The minimum atomic E-state index is -0.303. The number of carbonyl (C=O) groups excluding carboxylic acids is 1. The van der Waals surface area contributed by atoms with Crippen LogP contribution in [0, 0.1) is 5.92 Å². The van der Waals surface area contributed by atoms with Gasteiger partial charge in [0.15, 0.2) is 0 Å². The fraction of sp³-hybridized carbons (Fsp3) is 0.300. The van der Waals surface area contributed by atoms with E-state index < -0.39 is 0 Å². The monoisotopic (exact) mass is 166 g/mol. The van der Waals surface area contributed by atoms with Gasteiger partial charge in [0.2, 0.25) is 0 Å². The quantitative estimate of drug-likeness (QED) is 0.277. The summed E-state index contributed by atoms with van der Waals surface area (Å²) in [5.41, 5.74) is 0.842. The molecule has 0 aromatic carbocycles. The van der Waals surface area contributed by atoms with Gasteiger partial charge in [0.25, 0.3) is 0 Å². The molecule has 66 valence electrons. The number of ether oxygens (including phenoxy) is 1. The van der Waals surface area contributed by atoms with Gasteiger partial charge in [0.1, 0.15) is 0 Å². The lowest BCUT2D eigenvalue weighted by molar-refractivity contribution is -0.140. The van der Waals surface area contributed by atoms with Crippen LogP contribution in [0.25, 0.3) is 0 Å². The van der Waals surface area contributed by atoms with Crippen LogP contribution in [-0.4, -0.2) is 5.97 Å². The zero-order chi connectivity index (χ0) is 9.56. The second-order valence-electron chi connectivity index (χ2n) is 2.61. The van der Waals surface area contributed by atoms with Crippen molar-refractivity contribution in [2.75, 3.05) is 0 Å². The standard InChI is InChI=1S/C10H14O2/c1-5-9(4)10(11)12-7-6-8(2)3/h5-7,9H,1-2H2,3-4H3. The van der Waals surface area contributed by atoms with Gasteiger partial charge in [-0.25, -0.2) is 0 Å². The summed E-state index contributed by atoms with van der Waals surface area (Å²) in [6.45, 7) is 10.6. The van der Waals surface area contributed by atoms with E-state index in [4.69, 9.17) is 4.74 Å². The van der Waals surface area contributed by atoms with Crippen LogP contribution in [0.5, 0.6) is 0 Å². The minimum Gasteiger partial charge on any atom is -0.434 e. The molecule has 0 spiro atoms. The molecule has 0 N–H and O–H groups in total. The van der Waals surface area contributed by atoms with E-state index in [0.717, 1.165) is 5.57 Å². The Kier molecular flexibility index (Phi) is 4.77. The Morgan fingerprint density at radius 3 is 2.58 bits per heavy atom. The molecule has 0 aliphatic rings. The van der Waals surface area contributed by atoms with Crippen LogP contribution in [0.4, 0.5) is 0 Å². The maximum atomic E-state index is 11.0. The van der Waals surface area contributed by atoms with Crippen molar-refractivity contribution in [3.05, 3.63) is 37.1 Å². The van der Waals surface area contributed by atoms with Crippen molar-refractivity contribution in [1.82, 2.24) is 0 Å². The number of hydrogen-bond acceptors (Lipinski definition) is 2. The maximum Gasteiger partial charge on any atom is 0.317 e. The van der Waals surface area contributed by atoms with E-state index in [1.807, 2.05) is 6.92 Å². The molecule has 2 heteroatoms. The summed E-state index contributed by atoms with van der Waals surface area (Å²) in [5.74, 6) is -0.567. The van der Waals surface area contributed by atoms with Crippen molar-refractivity contribution in [3.63, 3.8) is 0 Å². The lowest BCUT2D eigenvalue weighted by Crippen LogP contribution is -2.08. The van der Waals surface area contributed by atoms with Gasteiger partial charge >= 0.3 is 5.97 Å². The molecular weight excluding hydrogens is 152 g/mol. The maximum absolute atomic E-state index is 11.0. The first-order chi connectivity index (χ1) is 5.57. The van der Waals surface area contributed by atoms with Gasteiger partial charge in [-0.2, -0.15) is 0 Å². The molecule has 0 saturated carbocycles. The Morgan fingerprint density at radius 2 is 2.17 bits per heavy atom. The predicted molar refractivity (Wildman–Crippen MR) is 49.4 cm³/mol. The molecule has 0 heterocycles. The molecule has 0 aliphatic heterocycles. The van der Waals surface area contributed by atoms with E-state index >= 15 is 0 Å². The van der Waals surface area contributed by atoms with E-state index in [-0.39, 0.29) is 11.9 Å². The van der Waals surface area contributed by atoms with Crippen LogP contribution in [0.15, 0.2) is 37.1 Å². The molecule has 0 aromatic rings. The van der Waals surface area contributed by atoms with Crippen molar-refractivity contribution in [2.45, 2.75) is 13.8 Å². The SMILES string of the molecule is C=CC(C)C(=O)OC=CC(=C)C. The molecule has 0 aliphatic carbocycles. The number of carbonyl (C=O) groups is 1. The topological polar surface area (TPSA) is 26.3 Å². The van der Waals surface area contributed by atoms with E-state index in [2.05, 4.69) is 13.2 Å². The third-order valence-electron chi connectivity index (χ3n) is 1.26. The van der Waals surface area contributed by atoms with Crippen LogP contribution < -0.4 is 0 Å². The molecule has 0 rings (SSSR count). The predicted octanol–water partition coefficient (Wildman–Crippen LogP) is 2.44. The molecule has 1 unspecified atom stereocenters. The Hall–Kier alpha value is -1.31. The van der Waals surface area contributed by atoms with Gasteiger partial charge in [-0.3, -0.25) is 4.79 Å². The molecular formula is C10H14O2. The number of allylic oxidation sites excluding steroid dienone is 2. The van der Waals surface area contributed by atoms with Gasteiger partial charge in [0.05, 0.1) is 12.2 Å². The van der Waals surface area contributed by atoms with Crippen LogP contribution in [0.3, 0.4) is 0 Å². The highest BCUT2D eigenvalue weighted by atomic mass is 16.5. The fourth-order valence-electron chi connectivity index (χ4n) is 0.421. The summed E-state index contributed by atoms with van der Waals surface area (Å²) in [7, 11) is 0. The Balaban J connectivity index is 3.86. The first-order valence-corrected chi connectivity index (χ1v) is 3.73. The second kappa shape index (κ2) is 5.35. The average Bonchev–Trinajstić information content (AvgIpc) is 2.02. The molecule has 1 atom stereocenters. The lowest BCUT2D eigenvalue weighted by atomic mass is 10.2. The summed E-state index contributed by atoms with van der Waals surface area (Å²) in [5, 5.41) is 0. The molecule has 0 amide bonds. The van der Waals surface area contributed by atoms with Gasteiger partial charge in [-0.05, 0) is 19.9 Å². The summed E-state index contributed by atoms with van der Waals surface area (Å²) in [6.07, 6.45) is 4.51. The third kappa shape index (κ3) is 4.50.